The Kier molecular flexibility index (Phi) is 8.60. The van der Waals surface area contributed by atoms with Gasteiger partial charge in [-0.2, -0.15) is 0 Å². The van der Waals surface area contributed by atoms with Gasteiger partial charge in [-0.05, 0) is 61.3 Å². The van der Waals surface area contributed by atoms with E-state index in [1.54, 1.807) is 30.3 Å². The van der Waals surface area contributed by atoms with E-state index in [2.05, 4.69) is 45.9 Å². The molecule has 0 bridgehead atoms. The van der Waals surface area contributed by atoms with E-state index in [1.165, 1.54) is 0 Å². The molecule has 0 saturated carbocycles. The molecular formula is C21H24BrN3O3S. The maximum atomic E-state index is 12.6. The molecule has 0 aliphatic carbocycles. The largest absolute Gasteiger partial charge is 0.493 e. The summed E-state index contributed by atoms with van der Waals surface area (Å²) in [4.78, 5) is 24.9. The van der Waals surface area contributed by atoms with E-state index in [0.717, 1.165) is 16.5 Å². The number of ether oxygens (including phenoxy) is 1. The van der Waals surface area contributed by atoms with Gasteiger partial charge in [-0.3, -0.25) is 25.8 Å². The highest BCUT2D eigenvalue weighted by atomic mass is 79.9. The molecular weight excluding hydrogens is 454 g/mol. The van der Waals surface area contributed by atoms with Crippen molar-refractivity contribution in [3.05, 3.63) is 63.6 Å². The maximum absolute atomic E-state index is 12.6. The predicted octanol–water partition coefficient (Wildman–Crippen LogP) is 4.13. The number of thiocarbonyl (C=S) groups is 1. The first-order valence-corrected chi connectivity index (χ1v) is 10.4. The first-order valence-electron chi connectivity index (χ1n) is 9.17. The van der Waals surface area contributed by atoms with Crippen molar-refractivity contribution in [2.45, 2.75) is 27.2 Å². The highest BCUT2D eigenvalue weighted by Crippen LogP contribution is 2.23. The van der Waals surface area contributed by atoms with Crippen LogP contribution in [0.1, 0.15) is 46.5 Å². The van der Waals surface area contributed by atoms with Gasteiger partial charge >= 0.3 is 0 Å². The smallest absolute Gasteiger partial charge is 0.269 e. The second-order valence-electron chi connectivity index (χ2n) is 6.85. The van der Waals surface area contributed by atoms with Crippen LogP contribution in [0.3, 0.4) is 0 Å². The Labute approximate surface area is 184 Å². The molecule has 154 valence electrons. The molecule has 0 heterocycles. The standard InChI is InChI=1S/C21H24BrN3O3S/c1-13(2)10-11-28-18-9-8-15(22)12-17(18)19(26)23-21(29)25-24-20(27)16-7-5-4-6-14(16)3/h4-9,12-13H,10-11H2,1-3H3,(H,24,27)(H2,23,25,26,29). The van der Waals surface area contributed by atoms with Crippen LogP contribution in [0.5, 0.6) is 5.75 Å². The fraction of sp³-hybridized carbons (Fsp3) is 0.286. The van der Waals surface area contributed by atoms with Crippen LogP contribution in [0.4, 0.5) is 0 Å². The third kappa shape index (κ3) is 7.14. The molecule has 2 amide bonds. The number of hydrogen-bond acceptors (Lipinski definition) is 4. The van der Waals surface area contributed by atoms with Crippen molar-refractivity contribution >= 4 is 45.1 Å². The number of aryl methyl sites for hydroxylation is 1. The Morgan fingerprint density at radius 1 is 1.07 bits per heavy atom. The van der Waals surface area contributed by atoms with Gasteiger partial charge < -0.3 is 4.74 Å². The molecule has 2 aromatic carbocycles. The number of rotatable bonds is 6. The van der Waals surface area contributed by atoms with Gasteiger partial charge in [-0.15, -0.1) is 0 Å². The van der Waals surface area contributed by atoms with Crippen LogP contribution in [0.25, 0.3) is 0 Å². The summed E-state index contributed by atoms with van der Waals surface area (Å²) in [5, 5.41) is 2.53. The molecule has 0 aromatic heterocycles. The Balaban J connectivity index is 1.96. The first kappa shape index (κ1) is 22.8. The van der Waals surface area contributed by atoms with Crippen molar-refractivity contribution in [2.75, 3.05) is 6.61 Å². The van der Waals surface area contributed by atoms with E-state index in [0.29, 0.717) is 29.4 Å². The van der Waals surface area contributed by atoms with Crippen LogP contribution >= 0.6 is 28.1 Å². The SMILES string of the molecule is Cc1ccccc1C(=O)NNC(=S)NC(=O)c1cc(Br)ccc1OCCC(C)C. The number of amides is 2. The van der Waals surface area contributed by atoms with E-state index >= 15 is 0 Å². The lowest BCUT2D eigenvalue weighted by atomic mass is 10.1. The van der Waals surface area contributed by atoms with Gasteiger partial charge in [0.1, 0.15) is 5.75 Å². The average Bonchev–Trinajstić information content (AvgIpc) is 2.67. The topological polar surface area (TPSA) is 79.5 Å². The van der Waals surface area contributed by atoms with Crippen molar-refractivity contribution in [1.29, 1.82) is 0 Å². The third-order valence-electron chi connectivity index (χ3n) is 4.05. The zero-order valence-corrected chi connectivity index (χ0v) is 18.9. The maximum Gasteiger partial charge on any atom is 0.269 e. The molecule has 3 N–H and O–H groups in total. The zero-order valence-electron chi connectivity index (χ0n) is 16.5. The summed E-state index contributed by atoms with van der Waals surface area (Å²) < 4.78 is 6.50. The van der Waals surface area contributed by atoms with Gasteiger partial charge in [0.05, 0.1) is 12.2 Å². The minimum Gasteiger partial charge on any atom is -0.493 e. The molecule has 0 fully saturated rings. The van der Waals surface area contributed by atoms with Crippen molar-refractivity contribution in [1.82, 2.24) is 16.2 Å². The Hall–Kier alpha value is -2.45. The number of hydrazine groups is 1. The third-order valence-corrected chi connectivity index (χ3v) is 4.74. The normalized spacial score (nSPS) is 10.4. The van der Waals surface area contributed by atoms with Gasteiger partial charge in [0.15, 0.2) is 5.11 Å². The van der Waals surface area contributed by atoms with Gasteiger partial charge in [0.25, 0.3) is 11.8 Å². The van der Waals surface area contributed by atoms with E-state index < -0.39 is 5.91 Å². The van der Waals surface area contributed by atoms with Crippen LogP contribution in [-0.4, -0.2) is 23.5 Å². The molecule has 0 aliphatic rings. The Bertz CT molecular complexity index is 902. The molecule has 2 rings (SSSR count). The number of halogens is 1. The van der Waals surface area contributed by atoms with Crippen molar-refractivity contribution < 1.29 is 14.3 Å². The monoisotopic (exact) mass is 477 g/mol. The second-order valence-corrected chi connectivity index (χ2v) is 8.17. The summed E-state index contributed by atoms with van der Waals surface area (Å²) in [6.45, 7) is 6.56. The van der Waals surface area contributed by atoms with E-state index in [-0.39, 0.29) is 11.0 Å². The number of hydrogen-bond donors (Lipinski definition) is 3. The number of carbonyl (C=O) groups is 2. The van der Waals surface area contributed by atoms with E-state index in [1.807, 2.05) is 19.1 Å². The average molecular weight is 478 g/mol. The quantitative estimate of drug-likeness (QED) is 0.430. The van der Waals surface area contributed by atoms with Gasteiger partial charge in [-0.1, -0.05) is 48.0 Å². The summed E-state index contributed by atoms with van der Waals surface area (Å²) in [6.07, 6.45) is 0.877. The Morgan fingerprint density at radius 2 is 1.79 bits per heavy atom. The van der Waals surface area contributed by atoms with Crippen molar-refractivity contribution in [2.24, 2.45) is 5.92 Å². The summed E-state index contributed by atoms with van der Waals surface area (Å²) in [7, 11) is 0. The fourth-order valence-corrected chi connectivity index (χ4v) is 2.93. The number of carbonyl (C=O) groups excluding carboxylic acids is 2. The van der Waals surface area contributed by atoms with E-state index in [4.69, 9.17) is 17.0 Å². The Morgan fingerprint density at radius 3 is 2.48 bits per heavy atom. The molecule has 2 aromatic rings. The highest BCUT2D eigenvalue weighted by Gasteiger charge is 2.16. The lowest BCUT2D eigenvalue weighted by Crippen LogP contribution is -2.48. The predicted molar refractivity (Wildman–Crippen MR) is 121 cm³/mol. The van der Waals surface area contributed by atoms with Crippen molar-refractivity contribution in [3.8, 4) is 5.75 Å². The minimum absolute atomic E-state index is 0.0231. The van der Waals surface area contributed by atoms with Gasteiger partial charge in [0.2, 0.25) is 0 Å². The van der Waals surface area contributed by atoms with Gasteiger partial charge in [0, 0.05) is 10.0 Å². The molecule has 0 unspecified atom stereocenters. The van der Waals surface area contributed by atoms with Gasteiger partial charge in [-0.25, -0.2) is 0 Å². The van der Waals surface area contributed by atoms with Crippen LogP contribution in [0, 0.1) is 12.8 Å². The lowest BCUT2D eigenvalue weighted by Gasteiger charge is -2.15. The summed E-state index contributed by atoms with van der Waals surface area (Å²) in [5.74, 6) is 0.183. The van der Waals surface area contributed by atoms with Crippen LogP contribution < -0.4 is 20.9 Å². The molecule has 0 radical (unpaired) electrons. The molecule has 0 atom stereocenters. The molecule has 0 aliphatic heterocycles. The highest BCUT2D eigenvalue weighted by molar-refractivity contribution is 9.10. The summed E-state index contributed by atoms with van der Waals surface area (Å²) in [5.41, 5.74) is 6.73. The van der Waals surface area contributed by atoms with E-state index in [9.17, 15) is 9.59 Å². The molecule has 6 nitrogen and oxygen atoms in total. The fourth-order valence-electron chi connectivity index (χ4n) is 2.42. The van der Waals surface area contributed by atoms with Crippen LogP contribution in [0.2, 0.25) is 0 Å². The van der Waals surface area contributed by atoms with Crippen LogP contribution in [-0.2, 0) is 0 Å². The molecule has 0 saturated heterocycles. The second kappa shape index (κ2) is 10.9. The summed E-state index contributed by atoms with van der Waals surface area (Å²) in [6, 6.07) is 12.4. The molecule has 0 spiro atoms. The minimum atomic E-state index is -0.437. The summed E-state index contributed by atoms with van der Waals surface area (Å²) >= 11 is 8.48. The first-order chi connectivity index (χ1) is 13.8. The molecule has 29 heavy (non-hydrogen) atoms. The number of nitrogens with one attached hydrogen (secondary N) is 3. The zero-order chi connectivity index (χ0) is 21.4. The van der Waals surface area contributed by atoms with Crippen LogP contribution in [0.15, 0.2) is 46.9 Å². The molecule has 8 heteroatoms. The van der Waals surface area contributed by atoms with Crippen molar-refractivity contribution in [3.63, 3.8) is 0 Å². The number of benzene rings is 2. The lowest BCUT2D eigenvalue weighted by molar-refractivity contribution is 0.0933.